The molecule has 41 heavy (non-hydrogen) atoms. The fourth-order valence-corrected chi connectivity index (χ4v) is 4.37. The van der Waals surface area contributed by atoms with Gasteiger partial charge < -0.3 is 34.7 Å². The largest absolute Gasteiger partial charge is 0.493 e. The van der Waals surface area contributed by atoms with Gasteiger partial charge in [0.1, 0.15) is 18.2 Å². The van der Waals surface area contributed by atoms with Crippen LogP contribution in [-0.2, 0) is 6.42 Å². The van der Waals surface area contributed by atoms with Crippen molar-refractivity contribution in [2.75, 3.05) is 46.4 Å². The number of para-hydroxylation sites is 1. The van der Waals surface area contributed by atoms with Crippen molar-refractivity contribution in [2.45, 2.75) is 12.5 Å². The molecule has 4 rings (SSSR count). The number of anilines is 1. The van der Waals surface area contributed by atoms with Crippen molar-refractivity contribution in [1.82, 2.24) is 10.3 Å². The van der Waals surface area contributed by atoms with E-state index in [-0.39, 0.29) is 18.6 Å². The van der Waals surface area contributed by atoms with E-state index in [1.807, 2.05) is 60.7 Å². The molecule has 9 heteroatoms. The highest BCUT2D eigenvalue weighted by Gasteiger charge is 2.21. The molecule has 9 nitrogen and oxygen atoms in total. The maximum absolute atomic E-state index is 13.4. The number of pyridine rings is 1. The van der Waals surface area contributed by atoms with E-state index in [1.165, 1.54) is 21.3 Å². The molecular weight excluding hydrogens is 522 g/mol. The minimum Gasteiger partial charge on any atom is -0.493 e. The van der Waals surface area contributed by atoms with Crippen molar-refractivity contribution in [3.63, 3.8) is 0 Å². The number of benzene rings is 3. The van der Waals surface area contributed by atoms with E-state index in [4.69, 9.17) is 23.9 Å². The van der Waals surface area contributed by atoms with Gasteiger partial charge in [0.05, 0.1) is 51.8 Å². The van der Waals surface area contributed by atoms with Crippen LogP contribution in [0.4, 0.5) is 5.82 Å². The second kappa shape index (κ2) is 14.6. The summed E-state index contributed by atoms with van der Waals surface area (Å²) in [6.45, 7) is 0.506. The van der Waals surface area contributed by atoms with Gasteiger partial charge in [0.15, 0.2) is 11.5 Å². The Morgan fingerprint density at radius 3 is 2.15 bits per heavy atom. The number of methoxy groups -OCH3 is 3. The van der Waals surface area contributed by atoms with Crippen molar-refractivity contribution in [3.05, 3.63) is 96.1 Å². The number of aliphatic hydroxyl groups is 1. The summed E-state index contributed by atoms with van der Waals surface area (Å²) in [4.78, 5) is 18.2. The van der Waals surface area contributed by atoms with Crippen LogP contribution in [-0.4, -0.2) is 63.1 Å². The van der Waals surface area contributed by atoms with Crippen LogP contribution in [0.2, 0.25) is 0 Å². The quantitative estimate of drug-likeness (QED) is 0.193. The summed E-state index contributed by atoms with van der Waals surface area (Å²) in [5, 5.41) is 16.3. The van der Waals surface area contributed by atoms with E-state index in [9.17, 15) is 9.90 Å². The molecule has 3 N–H and O–H groups in total. The van der Waals surface area contributed by atoms with Gasteiger partial charge >= 0.3 is 0 Å². The van der Waals surface area contributed by atoms with Crippen molar-refractivity contribution < 1.29 is 28.8 Å². The lowest BCUT2D eigenvalue weighted by molar-refractivity contribution is 0.0947. The van der Waals surface area contributed by atoms with Crippen LogP contribution in [0.1, 0.15) is 15.9 Å². The molecule has 0 aliphatic carbocycles. The summed E-state index contributed by atoms with van der Waals surface area (Å²) in [6, 6.07) is 25.9. The van der Waals surface area contributed by atoms with Crippen LogP contribution in [0.5, 0.6) is 23.0 Å². The van der Waals surface area contributed by atoms with E-state index in [2.05, 4.69) is 10.6 Å². The minimum atomic E-state index is -0.313. The Morgan fingerprint density at radius 2 is 1.54 bits per heavy atom. The lowest BCUT2D eigenvalue weighted by atomic mass is 10.0. The molecule has 0 spiro atoms. The van der Waals surface area contributed by atoms with Gasteiger partial charge in [-0.05, 0) is 48.4 Å². The number of aromatic nitrogens is 1. The molecule has 4 aromatic rings. The molecule has 0 radical (unpaired) electrons. The highest BCUT2D eigenvalue weighted by molar-refractivity contribution is 6.00. The van der Waals surface area contributed by atoms with Crippen molar-refractivity contribution in [2.24, 2.45) is 0 Å². The molecule has 1 amide bonds. The average Bonchev–Trinajstić information content (AvgIpc) is 3.02. The molecule has 0 aliphatic heterocycles. The molecule has 214 valence electrons. The number of hydrogen-bond donors (Lipinski definition) is 3. The Kier molecular flexibility index (Phi) is 10.4. The maximum Gasteiger partial charge on any atom is 0.253 e. The first-order chi connectivity index (χ1) is 20.1. The van der Waals surface area contributed by atoms with Crippen molar-refractivity contribution in [3.8, 4) is 34.3 Å². The highest BCUT2D eigenvalue weighted by Crippen LogP contribution is 2.41. The second-order valence-corrected chi connectivity index (χ2v) is 9.14. The summed E-state index contributed by atoms with van der Waals surface area (Å²) in [7, 11) is 4.59. The van der Waals surface area contributed by atoms with Crippen LogP contribution in [0.3, 0.4) is 0 Å². The molecule has 0 bridgehead atoms. The van der Waals surface area contributed by atoms with Gasteiger partial charge in [-0.15, -0.1) is 0 Å². The molecular formula is C32H35N3O6. The van der Waals surface area contributed by atoms with Crippen LogP contribution < -0.4 is 29.6 Å². The number of carbonyl (C=O) groups excluding carboxylic acids is 1. The lowest BCUT2D eigenvalue weighted by Crippen LogP contribution is -2.29. The third-order valence-corrected chi connectivity index (χ3v) is 6.37. The third-order valence-electron chi connectivity index (χ3n) is 6.37. The van der Waals surface area contributed by atoms with Gasteiger partial charge in [0.2, 0.25) is 5.75 Å². The molecule has 0 unspecified atom stereocenters. The fourth-order valence-electron chi connectivity index (χ4n) is 4.37. The van der Waals surface area contributed by atoms with Crippen LogP contribution in [0.25, 0.3) is 11.3 Å². The number of nitrogens with zero attached hydrogens (tertiary/aromatic N) is 1. The molecule has 1 heterocycles. The molecule has 0 aliphatic rings. The summed E-state index contributed by atoms with van der Waals surface area (Å²) in [6.07, 6.45) is 0.599. The average molecular weight is 558 g/mol. The molecule has 1 atom stereocenters. The van der Waals surface area contributed by atoms with E-state index < -0.39 is 0 Å². The van der Waals surface area contributed by atoms with Crippen molar-refractivity contribution >= 4 is 11.7 Å². The number of aliphatic hydroxyl groups excluding tert-OH is 1. The zero-order valence-electron chi connectivity index (χ0n) is 23.4. The summed E-state index contributed by atoms with van der Waals surface area (Å²) >= 11 is 0. The van der Waals surface area contributed by atoms with E-state index in [1.54, 1.807) is 24.3 Å². The zero-order chi connectivity index (χ0) is 29.0. The van der Waals surface area contributed by atoms with Gasteiger partial charge in [-0.25, -0.2) is 4.98 Å². The number of carbonyl (C=O) groups is 1. The topological polar surface area (TPSA) is 111 Å². The predicted molar refractivity (Wildman–Crippen MR) is 158 cm³/mol. The first-order valence-electron chi connectivity index (χ1n) is 13.2. The summed E-state index contributed by atoms with van der Waals surface area (Å²) in [5.74, 6) is 2.22. The smallest absolute Gasteiger partial charge is 0.253 e. The van der Waals surface area contributed by atoms with E-state index >= 15 is 0 Å². The highest BCUT2D eigenvalue weighted by atomic mass is 16.5. The van der Waals surface area contributed by atoms with Crippen molar-refractivity contribution in [1.29, 1.82) is 0 Å². The van der Waals surface area contributed by atoms with Gasteiger partial charge in [0, 0.05) is 5.56 Å². The minimum absolute atomic E-state index is 0.0975. The Morgan fingerprint density at radius 1 is 0.878 bits per heavy atom. The van der Waals surface area contributed by atoms with Gasteiger partial charge in [-0.2, -0.15) is 0 Å². The third kappa shape index (κ3) is 7.67. The molecule has 0 fully saturated rings. The molecule has 3 aromatic carbocycles. The Labute approximate surface area is 240 Å². The normalized spacial score (nSPS) is 11.3. The SMILES string of the molecule is COc1cc(-c2nc(N[C@H](CO)Cc3ccccc3)ccc2C(=O)NCCOc2ccccc2)cc(OC)c1OC. The Hall–Kier alpha value is -4.76. The van der Waals surface area contributed by atoms with Crippen LogP contribution in [0.15, 0.2) is 84.9 Å². The monoisotopic (exact) mass is 557 g/mol. The van der Waals surface area contributed by atoms with Gasteiger partial charge in [0.25, 0.3) is 5.91 Å². The van der Waals surface area contributed by atoms with E-state index in [0.29, 0.717) is 59.5 Å². The molecule has 0 saturated carbocycles. The Bertz CT molecular complexity index is 1390. The summed E-state index contributed by atoms with van der Waals surface area (Å²) in [5.41, 5.74) is 2.44. The number of rotatable bonds is 14. The van der Waals surface area contributed by atoms with Gasteiger partial charge in [-0.3, -0.25) is 4.79 Å². The molecule has 0 saturated heterocycles. The summed E-state index contributed by atoms with van der Waals surface area (Å²) < 4.78 is 22.3. The number of nitrogens with one attached hydrogen (secondary N) is 2. The molecule has 1 aromatic heterocycles. The van der Waals surface area contributed by atoms with Gasteiger partial charge in [-0.1, -0.05) is 48.5 Å². The first kappa shape index (κ1) is 29.2. The predicted octanol–water partition coefficient (Wildman–Crippen LogP) is 4.60. The number of ether oxygens (including phenoxy) is 4. The number of amides is 1. The van der Waals surface area contributed by atoms with Crippen LogP contribution >= 0.6 is 0 Å². The standard InChI is InChI=1S/C32H35N3O6/c1-38-27-19-23(20-28(39-2)31(27)40-3)30-26(32(37)33-16-17-41-25-12-8-5-9-13-25)14-15-29(35-30)34-24(21-36)18-22-10-6-4-7-11-22/h4-15,19-20,24,36H,16-18,21H2,1-3H3,(H,33,37)(H,34,35)/t24-/m0/s1. The van der Waals surface area contributed by atoms with Crippen LogP contribution in [0, 0.1) is 0 Å². The Balaban J connectivity index is 1.62. The second-order valence-electron chi connectivity index (χ2n) is 9.14. The fraction of sp³-hybridized carbons (Fsp3) is 0.250. The number of hydrogen-bond acceptors (Lipinski definition) is 8. The lowest BCUT2D eigenvalue weighted by Gasteiger charge is -2.19. The zero-order valence-corrected chi connectivity index (χ0v) is 23.4. The first-order valence-corrected chi connectivity index (χ1v) is 13.2. The maximum atomic E-state index is 13.4. The van der Waals surface area contributed by atoms with E-state index in [0.717, 1.165) is 11.3 Å².